The van der Waals surface area contributed by atoms with Crippen molar-refractivity contribution >= 4 is 35.0 Å². The van der Waals surface area contributed by atoms with E-state index in [1.165, 1.54) is 24.3 Å². The van der Waals surface area contributed by atoms with Crippen LogP contribution in [0, 0.1) is 5.82 Å². The minimum absolute atomic E-state index is 0.142. The molecule has 0 radical (unpaired) electrons. The molecular formula is C17H11ClF4N4OS. The second kappa shape index (κ2) is 8.19. The first-order valence-corrected chi connectivity index (χ1v) is 9.07. The lowest BCUT2D eigenvalue weighted by molar-refractivity contribution is -0.137. The van der Waals surface area contributed by atoms with E-state index in [4.69, 9.17) is 11.6 Å². The van der Waals surface area contributed by atoms with Gasteiger partial charge in [0.1, 0.15) is 5.82 Å². The first kappa shape index (κ1) is 20.2. The van der Waals surface area contributed by atoms with Gasteiger partial charge in [-0.3, -0.25) is 9.89 Å². The SMILES string of the molecule is O=C(CSc1n[nH]c(-c2ccccc2F)n1)Nc1c(Cl)cccc1C(F)(F)F. The number of aromatic amines is 1. The summed E-state index contributed by atoms with van der Waals surface area (Å²) in [6.45, 7) is 0. The van der Waals surface area contributed by atoms with E-state index in [-0.39, 0.29) is 27.3 Å². The Morgan fingerprint density at radius 3 is 2.64 bits per heavy atom. The highest BCUT2D eigenvalue weighted by molar-refractivity contribution is 7.99. The molecule has 11 heteroatoms. The average molecular weight is 431 g/mol. The van der Waals surface area contributed by atoms with Crippen molar-refractivity contribution in [2.75, 3.05) is 11.1 Å². The molecular weight excluding hydrogens is 420 g/mol. The minimum Gasteiger partial charge on any atom is -0.324 e. The Labute approximate surface area is 165 Å². The van der Waals surface area contributed by atoms with Gasteiger partial charge in [-0.1, -0.05) is 41.6 Å². The fourth-order valence-electron chi connectivity index (χ4n) is 2.28. The number of nitrogens with one attached hydrogen (secondary N) is 2. The number of rotatable bonds is 5. The van der Waals surface area contributed by atoms with Gasteiger partial charge in [0.05, 0.1) is 27.6 Å². The van der Waals surface area contributed by atoms with Crippen LogP contribution in [-0.4, -0.2) is 26.8 Å². The summed E-state index contributed by atoms with van der Waals surface area (Å²) in [7, 11) is 0. The van der Waals surface area contributed by atoms with E-state index in [0.717, 1.165) is 23.9 Å². The van der Waals surface area contributed by atoms with Crippen LogP contribution in [0.4, 0.5) is 23.2 Å². The van der Waals surface area contributed by atoms with Crippen LogP contribution in [0.15, 0.2) is 47.6 Å². The number of hydrogen-bond acceptors (Lipinski definition) is 4. The Bertz CT molecular complexity index is 1010. The fourth-order valence-corrected chi connectivity index (χ4v) is 3.10. The predicted molar refractivity (Wildman–Crippen MR) is 97.6 cm³/mol. The summed E-state index contributed by atoms with van der Waals surface area (Å²) in [6, 6.07) is 9.14. The molecule has 0 bridgehead atoms. The van der Waals surface area contributed by atoms with E-state index >= 15 is 0 Å². The molecule has 0 saturated heterocycles. The molecule has 0 aliphatic rings. The highest BCUT2D eigenvalue weighted by Crippen LogP contribution is 2.38. The van der Waals surface area contributed by atoms with Crippen LogP contribution in [0.3, 0.4) is 0 Å². The lowest BCUT2D eigenvalue weighted by atomic mass is 10.1. The van der Waals surface area contributed by atoms with Gasteiger partial charge in [-0.05, 0) is 24.3 Å². The smallest absolute Gasteiger partial charge is 0.324 e. The normalized spacial score (nSPS) is 11.5. The lowest BCUT2D eigenvalue weighted by Crippen LogP contribution is -2.18. The first-order valence-electron chi connectivity index (χ1n) is 7.71. The molecule has 0 aliphatic carbocycles. The summed E-state index contributed by atoms with van der Waals surface area (Å²) < 4.78 is 52.9. The highest BCUT2D eigenvalue weighted by atomic mass is 35.5. The molecule has 0 unspecified atom stereocenters. The molecule has 0 saturated carbocycles. The molecule has 0 atom stereocenters. The third-order valence-corrected chi connectivity index (χ3v) is 4.67. The zero-order valence-corrected chi connectivity index (χ0v) is 15.4. The van der Waals surface area contributed by atoms with Crippen molar-refractivity contribution in [3.05, 3.63) is 58.9 Å². The van der Waals surface area contributed by atoms with Crippen molar-refractivity contribution in [3.63, 3.8) is 0 Å². The molecule has 1 heterocycles. The van der Waals surface area contributed by atoms with E-state index in [1.807, 2.05) is 0 Å². The summed E-state index contributed by atoms with van der Waals surface area (Å²) in [6.07, 6.45) is -4.67. The van der Waals surface area contributed by atoms with Crippen LogP contribution < -0.4 is 5.32 Å². The van der Waals surface area contributed by atoms with Crippen molar-refractivity contribution < 1.29 is 22.4 Å². The third kappa shape index (κ3) is 4.63. The Balaban J connectivity index is 1.67. The number of benzene rings is 2. The minimum atomic E-state index is -4.67. The Morgan fingerprint density at radius 2 is 1.93 bits per heavy atom. The zero-order valence-electron chi connectivity index (χ0n) is 13.8. The van der Waals surface area contributed by atoms with Crippen molar-refractivity contribution in [3.8, 4) is 11.4 Å². The Kier molecular flexibility index (Phi) is 5.90. The van der Waals surface area contributed by atoms with E-state index in [1.54, 1.807) is 6.07 Å². The van der Waals surface area contributed by atoms with E-state index < -0.39 is 29.2 Å². The number of anilines is 1. The number of carbonyl (C=O) groups is 1. The lowest BCUT2D eigenvalue weighted by Gasteiger charge is -2.14. The van der Waals surface area contributed by atoms with Crippen LogP contribution in [-0.2, 0) is 11.0 Å². The monoisotopic (exact) mass is 430 g/mol. The Morgan fingerprint density at radius 1 is 1.18 bits per heavy atom. The quantitative estimate of drug-likeness (QED) is 0.441. The molecule has 146 valence electrons. The topological polar surface area (TPSA) is 70.7 Å². The number of hydrogen-bond donors (Lipinski definition) is 2. The molecule has 3 rings (SSSR count). The number of amides is 1. The van der Waals surface area contributed by atoms with Crippen molar-refractivity contribution in [2.24, 2.45) is 0 Å². The largest absolute Gasteiger partial charge is 0.418 e. The van der Waals surface area contributed by atoms with E-state index in [9.17, 15) is 22.4 Å². The summed E-state index contributed by atoms with van der Waals surface area (Å²) in [5.41, 5.74) is -1.35. The molecule has 1 aromatic heterocycles. The molecule has 0 fully saturated rings. The summed E-state index contributed by atoms with van der Waals surface area (Å²) in [5, 5.41) is 8.49. The second-order valence-corrected chi connectivity index (χ2v) is 6.79. The van der Waals surface area contributed by atoms with E-state index in [2.05, 4.69) is 20.5 Å². The van der Waals surface area contributed by atoms with Crippen molar-refractivity contribution in [1.82, 2.24) is 15.2 Å². The van der Waals surface area contributed by atoms with E-state index in [0.29, 0.717) is 0 Å². The number of para-hydroxylation sites is 1. The number of H-pyrrole nitrogens is 1. The van der Waals surface area contributed by atoms with Crippen LogP contribution in [0.5, 0.6) is 0 Å². The molecule has 0 aliphatic heterocycles. The molecule has 1 amide bonds. The second-order valence-electron chi connectivity index (χ2n) is 5.44. The molecule has 2 aromatic carbocycles. The maximum Gasteiger partial charge on any atom is 0.418 e. The Hall–Kier alpha value is -2.59. The van der Waals surface area contributed by atoms with Crippen molar-refractivity contribution in [2.45, 2.75) is 11.3 Å². The van der Waals surface area contributed by atoms with Gasteiger partial charge in [0.15, 0.2) is 5.82 Å². The number of thioether (sulfide) groups is 1. The van der Waals surface area contributed by atoms with Gasteiger partial charge >= 0.3 is 6.18 Å². The summed E-state index contributed by atoms with van der Waals surface area (Å²) in [5.74, 6) is -1.31. The van der Waals surface area contributed by atoms with Gasteiger partial charge in [0.25, 0.3) is 0 Å². The molecule has 3 aromatic rings. The number of aromatic nitrogens is 3. The van der Waals surface area contributed by atoms with Crippen molar-refractivity contribution in [1.29, 1.82) is 0 Å². The van der Waals surface area contributed by atoms with Gasteiger partial charge in [0, 0.05) is 0 Å². The first-order chi connectivity index (χ1) is 13.3. The summed E-state index contributed by atoms with van der Waals surface area (Å²) in [4.78, 5) is 16.1. The summed E-state index contributed by atoms with van der Waals surface area (Å²) >= 11 is 6.67. The van der Waals surface area contributed by atoms with Crippen LogP contribution >= 0.6 is 23.4 Å². The average Bonchev–Trinajstić information content (AvgIpc) is 3.10. The molecule has 28 heavy (non-hydrogen) atoms. The number of carbonyl (C=O) groups excluding carboxylic acids is 1. The van der Waals surface area contributed by atoms with Gasteiger partial charge < -0.3 is 5.32 Å². The number of alkyl halides is 3. The molecule has 5 nitrogen and oxygen atoms in total. The molecule has 2 N–H and O–H groups in total. The van der Waals surface area contributed by atoms with Gasteiger partial charge in [-0.25, -0.2) is 9.37 Å². The van der Waals surface area contributed by atoms with Gasteiger partial charge in [-0.15, -0.1) is 5.10 Å². The third-order valence-electron chi connectivity index (χ3n) is 3.51. The molecule has 0 spiro atoms. The fraction of sp³-hybridized carbons (Fsp3) is 0.118. The van der Waals surface area contributed by atoms with Crippen LogP contribution in [0.1, 0.15) is 5.56 Å². The zero-order chi connectivity index (χ0) is 20.3. The highest BCUT2D eigenvalue weighted by Gasteiger charge is 2.34. The maximum absolute atomic E-state index is 13.7. The number of halogens is 5. The maximum atomic E-state index is 13.7. The van der Waals surface area contributed by atoms with Gasteiger partial charge in [-0.2, -0.15) is 13.2 Å². The number of nitrogens with zero attached hydrogens (tertiary/aromatic N) is 2. The van der Waals surface area contributed by atoms with Crippen LogP contribution in [0.2, 0.25) is 5.02 Å². The predicted octanol–water partition coefficient (Wildman–Crippen LogP) is 5.01. The van der Waals surface area contributed by atoms with Crippen LogP contribution in [0.25, 0.3) is 11.4 Å². The standard InChI is InChI=1S/C17H11ClF4N4OS/c18-11-6-3-5-10(17(20,21)22)14(11)23-13(27)8-28-16-24-15(25-26-16)9-4-1-2-7-12(9)19/h1-7H,8H2,(H,23,27)(H,24,25,26). The van der Waals surface area contributed by atoms with Gasteiger partial charge in [0.2, 0.25) is 11.1 Å².